The molecule has 2 aromatic rings. The van der Waals surface area contributed by atoms with Crippen molar-refractivity contribution in [2.45, 2.75) is 18.9 Å². The summed E-state index contributed by atoms with van der Waals surface area (Å²) in [4.78, 5) is 0. The molecule has 0 saturated heterocycles. The van der Waals surface area contributed by atoms with E-state index >= 15 is 0 Å². The van der Waals surface area contributed by atoms with Gasteiger partial charge in [-0.25, -0.2) is 0 Å². The number of benzene rings is 2. The van der Waals surface area contributed by atoms with Crippen LogP contribution in [0.1, 0.15) is 22.7 Å². The fraction of sp³-hybridized carbons (Fsp3) is 0.333. The number of hydrogen-bond acceptors (Lipinski definition) is 2. The highest BCUT2D eigenvalue weighted by atomic mass is 35.5. The summed E-state index contributed by atoms with van der Waals surface area (Å²) in [5.74, 6) is 1.45. The predicted molar refractivity (Wildman–Crippen MR) is 87.1 cm³/mol. The number of halogens is 1. The lowest BCUT2D eigenvalue weighted by Crippen LogP contribution is -2.23. The van der Waals surface area contributed by atoms with Gasteiger partial charge in [-0.15, -0.1) is 0 Å². The molecule has 0 spiro atoms. The van der Waals surface area contributed by atoms with E-state index in [9.17, 15) is 0 Å². The van der Waals surface area contributed by atoms with Crippen LogP contribution in [0.5, 0.6) is 5.75 Å². The second kappa shape index (κ2) is 6.08. The molecule has 1 aliphatic rings. The molecular weight excluding hydrogens is 282 g/mol. The lowest BCUT2D eigenvalue weighted by Gasteiger charge is -2.21. The van der Waals surface area contributed by atoms with Crippen LogP contribution in [0.25, 0.3) is 0 Å². The minimum absolute atomic E-state index is 0.393. The van der Waals surface area contributed by atoms with Crippen molar-refractivity contribution in [2.75, 3.05) is 14.2 Å². The zero-order valence-corrected chi connectivity index (χ0v) is 13.2. The maximum Gasteiger partial charge on any atom is 0.122 e. The van der Waals surface area contributed by atoms with Crippen LogP contribution in [0.3, 0.4) is 0 Å². The summed E-state index contributed by atoms with van der Waals surface area (Å²) in [6, 6.07) is 14.9. The number of methoxy groups -OCH3 is 1. The Hall–Kier alpha value is -1.51. The first-order valence-corrected chi connectivity index (χ1v) is 7.68. The molecule has 0 bridgehead atoms. The summed E-state index contributed by atoms with van der Waals surface area (Å²) in [6.07, 6.45) is 2.06. The molecule has 0 radical (unpaired) electrons. The first kappa shape index (κ1) is 14.4. The van der Waals surface area contributed by atoms with Crippen molar-refractivity contribution in [2.24, 2.45) is 5.92 Å². The Morgan fingerprint density at radius 2 is 2.05 bits per heavy atom. The zero-order valence-electron chi connectivity index (χ0n) is 12.4. The fourth-order valence-electron chi connectivity index (χ4n) is 3.45. The maximum atomic E-state index is 6.15. The van der Waals surface area contributed by atoms with Gasteiger partial charge in [-0.05, 0) is 60.7 Å². The Bertz CT molecular complexity index is 641. The summed E-state index contributed by atoms with van der Waals surface area (Å²) in [5.41, 5.74) is 4.05. The zero-order chi connectivity index (χ0) is 14.8. The van der Waals surface area contributed by atoms with Gasteiger partial charge in [-0.2, -0.15) is 0 Å². The Labute approximate surface area is 131 Å². The molecule has 110 valence electrons. The van der Waals surface area contributed by atoms with E-state index in [-0.39, 0.29) is 0 Å². The fourth-order valence-corrected chi connectivity index (χ4v) is 3.64. The Morgan fingerprint density at radius 1 is 1.24 bits per heavy atom. The van der Waals surface area contributed by atoms with E-state index in [0.717, 1.165) is 23.6 Å². The standard InChI is InChI=1S/C18H20ClNO/c1-20-18-14(9-12-5-3-4-6-16(12)18)10-13-11-15(19)7-8-17(13)21-2/h3-8,11,14,18,20H,9-10H2,1-2H3. The number of hydrogen-bond donors (Lipinski definition) is 1. The monoisotopic (exact) mass is 301 g/mol. The highest BCUT2D eigenvalue weighted by molar-refractivity contribution is 6.30. The highest BCUT2D eigenvalue weighted by Crippen LogP contribution is 2.39. The van der Waals surface area contributed by atoms with E-state index in [4.69, 9.17) is 16.3 Å². The van der Waals surface area contributed by atoms with Crippen LogP contribution in [-0.4, -0.2) is 14.2 Å². The summed E-state index contributed by atoms with van der Waals surface area (Å²) in [7, 11) is 3.75. The van der Waals surface area contributed by atoms with Gasteiger partial charge in [-0.3, -0.25) is 0 Å². The number of rotatable bonds is 4. The smallest absolute Gasteiger partial charge is 0.122 e. The summed E-state index contributed by atoms with van der Waals surface area (Å²) in [6.45, 7) is 0. The molecule has 3 heteroatoms. The second-order valence-electron chi connectivity index (χ2n) is 5.59. The van der Waals surface area contributed by atoms with Gasteiger partial charge in [-0.1, -0.05) is 35.9 Å². The minimum Gasteiger partial charge on any atom is -0.496 e. The topological polar surface area (TPSA) is 21.3 Å². The van der Waals surface area contributed by atoms with E-state index in [2.05, 4.69) is 29.6 Å². The molecule has 0 aliphatic heterocycles. The molecule has 0 fully saturated rings. The first-order chi connectivity index (χ1) is 10.2. The van der Waals surface area contributed by atoms with Crippen LogP contribution >= 0.6 is 11.6 Å². The van der Waals surface area contributed by atoms with Crippen LogP contribution in [0.2, 0.25) is 5.02 Å². The largest absolute Gasteiger partial charge is 0.496 e. The van der Waals surface area contributed by atoms with E-state index in [0.29, 0.717) is 12.0 Å². The van der Waals surface area contributed by atoms with Gasteiger partial charge in [0.2, 0.25) is 0 Å². The molecule has 3 rings (SSSR count). The summed E-state index contributed by atoms with van der Waals surface area (Å²) >= 11 is 6.15. The van der Waals surface area contributed by atoms with Crippen molar-refractivity contribution in [1.29, 1.82) is 0 Å². The first-order valence-electron chi connectivity index (χ1n) is 7.30. The molecule has 2 nitrogen and oxygen atoms in total. The number of nitrogens with one attached hydrogen (secondary N) is 1. The molecular formula is C18H20ClNO. The highest BCUT2D eigenvalue weighted by Gasteiger charge is 2.31. The molecule has 0 amide bonds. The van der Waals surface area contributed by atoms with Crippen LogP contribution in [0.15, 0.2) is 42.5 Å². The van der Waals surface area contributed by atoms with E-state index in [1.807, 2.05) is 25.2 Å². The van der Waals surface area contributed by atoms with Gasteiger partial charge < -0.3 is 10.1 Å². The average molecular weight is 302 g/mol. The average Bonchev–Trinajstić information content (AvgIpc) is 2.84. The molecule has 21 heavy (non-hydrogen) atoms. The molecule has 0 aromatic heterocycles. The molecule has 2 atom stereocenters. The molecule has 2 unspecified atom stereocenters. The van der Waals surface area contributed by atoms with Crippen molar-refractivity contribution in [3.63, 3.8) is 0 Å². The van der Waals surface area contributed by atoms with Gasteiger partial charge in [0.15, 0.2) is 0 Å². The second-order valence-corrected chi connectivity index (χ2v) is 6.03. The number of ether oxygens (including phenoxy) is 1. The quantitative estimate of drug-likeness (QED) is 0.921. The van der Waals surface area contributed by atoms with Crippen LogP contribution in [0, 0.1) is 5.92 Å². The molecule has 2 aromatic carbocycles. The minimum atomic E-state index is 0.393. The van der Waals surface area contributed by atoms with Crippen molar-refractivity contribution < 1.29 is 4.74 Å². The van der Waals surface area contributed by atoms with Gasteiger partial charge in [0.05, 0.1) is 7.11 Å². The molecule has 1 aliphatic carbocycles. The molecule has 0 heterocycles. The predicted octanol–water partition coefficient (Wildman–Crippen LogP) is 4.02. The van der Waals surface area contributed by atoms with E-state index in [1.54, 1.807) is 7.11 Å². The van der Waals surface area contributed by atoms with E-state index in [1.165, 1.54) is 16.7 Å². The van der Waals surface area contributed by atoms with Crippen molar-refractivity contribution in [1.82, 2.24) is 5.32 Å². The van der Waals surface area contributed by atoms with Crippen molar-refractivity contribution in [3.05, 3.63) is 64.2 Å². The third kappa shape index (κ3) is 2.78. The van der Waals surface area contributed by atoms with Gasteiger partial charge in [0.25, 0.3) is 0 Å². The molecule has 1 N–H and O–H groups in total. The normalized spacial score (nSPS) is 20.3. The maximum absolute atomic E-state index is 6.15. The Balaban J connectivity index is 1.88. The van der Waals surface area contributed by atoms with Gasteiger partial charge in [0.1, 0.15) is 5.75 Å². The number of fused-ring (bicyclic) bond motifs is 1. The van der Waals surface area contributed by atoms with Crippen molar-refractivity contribution >= 4 is 11.6 Å². The Kier molecular flexibility index (Phi) is 4.18. The SMILES string of the molecule is CNC1c2ccccc2CC1Cc1cc(Cl)ccc1OC. The lowest BCUT2D eigenvalue weighted by molar-refractivity contribution is 0.384. The van der Waals surface area contributed by atoms with Crippen molar-refractivity contribution in [3.8, 4) is 5.75 Å². The lowest BCUT2D eigenvalue weighted by atomic mass is 9.92. The third-order valence-electron chi connectivity index (χ3n) is 4.38. The summed E-state index contributed by atoms with van der Waals surface area (Å²) < 4.78 is 5.48. The third-order valence-corrected chi connectivity index (χ3v) is 4.61. The Morgan fingerprint density at radius 3 is 2.81 bits per heavy atom. The van der Waals surface area contributed by atoms with Gasteiger partial charge >= 0.3 is 0 Å². The van der Waals surface area contributed by atoms with Crippen LogP contribution < -0.4 is 10.1 Å². The van der Waals surface area contributed by atoms with Crippen LogP contribution in [-0.2, 0) is 12.8 Å². The van der Waals surface area contributed by atoms with E-state index < -0.39 is 0 Å². The van der Waals surface area contributed by atoms with Gasteiger partial charge in [0, 0.05) is 11.1 Å². The van der Waals surface area contributed by atoms with Crippen LogP contribution in [0.4, 0.5) is 0 Å². The summed E-state index contributed by atoms with van der Waals surface area (Å²) in [5, 5.41) is 4.23. The molecule has 0 saturated carbocycles.